The third kappa shape index (κ3) is 7.54. The minimum atomic E-state index is -1.79. The first-order valence-corrected chi connectivity index (χ1v) is 14.5. The Morgan fingerprint density at radius 1 is 0.978 bits per heavy atom. The number of oxime groups is 1. The van der Waals surface area contributed by atoms with Crippen LogP contribution in [0.15, 0.2) is 69.0 Å². The summed E-state index contributed by atoms with van der Waals surface area (Å²) in [5.74, 6) is -0.383. The van der Waals surface area contributed by atoms with Crippen LogP contribution in [-0.2, 0) is 30.4 Å². The van der Waals surface area contributed by atoms with Gasteiger partial charge in [0.25, 0.3) is 0 Å². The summed E-state index contributed by atoms with van der Waals surface area (Å²) in [6.45, 7) is 2.38. The number of aliphatic hydroxyl groups excluding tert-OH is 5. The molecular weight excluding hydrogens is 608 g/mol. The van der Waals surface area contributed by atoms with E-state index in [1.54, 1.807) is 19.1 Å². The molecule has 3 heterocycles. The minimum absolute atomic E-state index is 0.121. The van der Waals surface area contributed by atoms with Gasteiger partial charge in [0.05, 0.1) is 12.8 Å². The highest BCUT2D eigenvalue weighted by atomic mass is 16.7. The first-order chi connectivity index (χ1) is 22.0. The summed E-state index contributed by atoms with van der Waals surface area (Å²) >= 11 is 0. The first-order valence-electron chi connectivity index (χ1n) is 14.5. The molecular formula is C31H36N2O13. The summed E-state index contributed by atoms with van der Waals surface area (Å²) in [6, 6.07) is 13.9. The van der Waals surface area contributed by atoms with Crippen LogP contribution in [0.25, 0.3) is 11.0 Å². The van der Waals surface area contributed by atoms with Crippen LogP contribution in [-0.4, -0.2) is 106 Å². The Labute approximate surface area is 262 Å². The van der Waals surface area contributed by atoms with Crippen molar-refractivity contribution in [3.05, 3.63) is 76.1 Å². The summed E-state index contributed by atoms with van der Waals surface area (Å²) in [5.41, 5.74) is 1.21. The van der Waals surface area contributed by atoms with Crippen LogP contribution in [0.1, 0.15) is 18.1 Å². The molecule has 3 aromatic rings. The lowest BCUT2D eigenvalue weighted by Gasteiger charge is -2.46. The second kappa shape index (κ2) is 14.7. The van der Waals surface area contributed by atoms with Gasteiger partial charge in [-0.25, -0.2) is 4.79 Å². The number of nitrogens with zero attached hydrogens (tertiary/aromatic N) is 1. The zero-order valence-electron chi connectivity index (χ0n) is 24.9. The number of ether oxygens (including phenoxy) is 4. The Kier molecular flexibility index (Phi) is 10.7. The van der Waals surface area contributed by atoms with Gasteiger partial charge >= 0.3 is 5.63 Å². The van der Waals surface area contributed by atoms with E-state index in [1.165, 1.54) is 19.1 Å². The predicted octanol–water partition coefficient (Wildman–Crippen LogP) is -0.542. The van der Waals surface area contributed by atoms with Crippen molar-refractivity contribution in [2.24, 2.45) is 5.16 Å². The number of hydrogen-bond acceptors (Lipinski definition) is 14. The maximum Gasteiger partial charge on any atom is 0.336 e. The number of hydrogen-bond donors (Lipinski definition) is 6. The molecule has 248 valence electrons. The number of fused-ring (bicyclic) bond motifs is 1. The van der Waals surface area contributed by atoms with E-state index in [4.69, 9.17) is 28.2 Å². The average Bonchev–Trinajstić information content (AvgIpc) is 3.03. The highest BCUT2D eigenvalue weighted by Crippen LogP contribution is 2.31. The molecule has 2 aliphatic rings. The van der Waals surface area contributed by atoms with E-state index in [0.29, 0.717) is 10.9 Å². The lowest BCUT2D eigenvalue weighted by molar-refractivity contribution is -0.333. The Balaban J connectivity index is 1.31. The van der Waals surface area contributed by atoms with Gasteiger partial charge in [-0.1, -0.05) is 35.5 Å². The number of benzene rings is 2. The third-order valence-corrected chi connectivity index (χ3v) is 7.65. The van der Waals surface area contributed by atoms with Crippen molar-refractivity contribution in [1.29, 1.82) is 0 Å². The normalized spacial score (nSPS) is 31.5. The summed E-state index contributed by atoms with van der Waals surface area (Å²) in [6.07, 6.45) is -12.7. The molecule has 0 unspecified atom stereocenters. The van der Waals surface area contributed by atoms with Gasteiger partial charge in [0.1, 0.15) is 66.7 Å². The van der Waals surface area contributed by atoms with E-state index in [9.17, 15) is 35.1 Å². The number of carbonyl (C=O) groups excluding carboxylic acids is 1. The molecule has 2 fully saturated rings. The Morgan fingerprint density at radius 3 is 2.46 bits per heavy atom. The van der Waals surface area contributed by atoms with Crippen molar-refractivity contribution >= 4 is 23.1 Å². The molecule has 0 spiro atoms. The summed E-state index contributed by atoms with van der Waals surface area (Å²) in [5, 5.41) is 60.2. The molecule has 46 heavy (non-hydrogen) atoms. The number of nitrogens with one attached hydrogen (secondary N) is 1. The molecule has 5 rings (SSSR count). The van der Waals surface area contributed by atoms with Crippen molar-refractivity contribution in [3.63, 3.8) is 0 Å². The van der Waals surface area contributed by atoms with Gasteiger partial charge in [-0.05, 0) is 30.2 Å². The van der Waals surface area contributed by atoms with E-state index in [0.717, 1.165) is 11.8 Å². The molecule has 15 heteroatoms. The van der Waals surface area contributed by atoms with E-state index < -0.39 is 79.5 Å². The van der Waals surface area contributed by atoms with E-state index in [1.807, 2.05) is 30.3 Å². The SMILES string of the molecule is CC(=O)N[C@H]1[C@H](Oc2ccc3c(C)cc(=O)oc3c2)O[C@H](CO)[C@@H](O[C@@H]2O[C@H](C=NOCc3ccccc3)[C@H](O)[C@H](O)[C@H]2O)[C@@H]1O. The minimum Gasteiger partial charge on any atom is -0.462 e. The Morgan fingerprint density at radius 2 is 1.74 bits per heavy atom. The van der Waals surface area contributed by atoms with Gasteiger partial charge in [-0.2, -0.15) is 0 Å². The molecule has 0 radical (unpaired) electrons. The van der Waals surface area contributed by atoms with Crippen LogP contribution in [0, 0.1) is 6.92 Å². The van der Waals surface area contributed by atoms with Crippen LogP contribution in [0.4, 0.5) is 0 Å². The van der Waals surface area contributed by atoms with Gasteiger partial charge in [0, 0.05) is 24.4 Å². The van der Waals surface area contributed by atoms with E-state index in [2.05, 4.69) is 10.5 Å². The molecule has 0 saturated carbocycles. The molecule has 2 saturated heterocycles. The van der Waals surface area contributed by atoms with Crippen LogP contribution in [0.3, 0.4) is 0 Å². The van der Waals surface area contributed by atoms with Crippen molar-refractivity contribution in [1.82, 2.24) is 5.32 Å². The number of rotatable bonds is 10. The third-order valence-electron chi connectivity index (χ3n) is 7.65. The van der Waals surface area contributed by atoms with Crippen molar-refractivity contribution in [3.8, 4) is 5.75 Å². The second-order valence-corrected chi connectivity index (χ2v) is 11.0. The van der Waals surface area contributed by atoms with Crippen molar-refractivity contribution in [2.75, 3.05) is 6.61 Å². The zero-order valence-corrected chi connectivity index (χ0v) is 24.9. The fourth-order valence-electron chi connectivity index (χ4n) is 5.29. The van der Waals surface area contributed by atoms with Crippen molar-refractivity contribution < 1.29 is 58.5 Å². The maximum absolute atomic E-state index is 12.1. The van der Waals surface area contributed by atoms with Crippen LogP contribution in [0.5, 0.6) is 5.75 Å². The Hall–Kier alpha value is -3.93. The number of aliphatic hydroxyl groups is 5. The standard InChI is InChI=1S/C31H36N2O13/c1-15-10-23(36)43-20-11-18(8-9-19(15)20)42-30-24(33-16(2)35)26(38)29(22(13-34)45-30)46-31-28(40)27(39)25(37)21(44-31)12-32-41-14-17-6-4-3-5-7-17/h3-12,21-22,24-31,34,37-40H,13-14H2,1-2H3,(H,33,35)/t21-,22-,24-,25+,26-,27+,28-,29-,30-,31+/m1/s1. The fraction of sp³-hybridized carbons (Fsp3) is 0.452. The van der Waals surface area contributed by atoms with Crippen molar-refractivity contribution in [2.45, 2.75) is 81.8 Å². The molecule has 10 atom stereocenters. The second-order valence-electron chi connectivity index (χ2n) is 11.0. The topological polar surface area (TPSA) is 219 Å². The molecule has 2 aromatic carbocycles. The first kappa shape index (κ1) is 33.4. The van der Waals surface area contributed by atoms with E-state index in [-0.39, 0.29) is 17.9 Å². The molecule has 1 amide bonds. The lowest BCUT2D eigenvalue weighted by atomic mass is 9.95. The summed E-state index contributed by atoms with van der Waals surface area (Å²) in [4.78, 5) is 29.2. The monoisotopic (exact) mass is 644 g/mol. The predicted molar refractivity (Wildman–Crippen MR) is 158 cm³/mol. The van der Waals surface area contributed by atoms with Gasteiger partial charge in [-0.3, -0.25) is 4.79 Å². The van der Waals surface area contributed by atoms with Gasteiger partial charge in [0.2, 0.25) is 12.2 Å². The van der Waals surface area contributed by atoms with Crippen LogP contribution in [0.2, 0.25) is 0 Å². The largest absolute Gasteiger partial charge is 0.462 e. The highest BCUT2D eigenvalue weighted by Gasteiger charge is 2.51. The highest BCUT2D eigenvalue weighted by molar-refractivity contribution is 5.81. The number of aryl methyl sites for hydroxylation is 1. The molecule has 0 bridgehead atoms. The van der Waals surface area contributed by atoms with Crippen LogP contribution >= 0.6 is 0 Å². The molecule has 6 N–H and O–H groups in total. The smallest absolute Gasteiger partial charge is 0.336 e. The Bertz CT molecular complexity index is 1570. The quantitative estimate of drug-likeness (QED) is 0.0929. The van der Waals surface area contributed by atoms with Crippen LogP contribution < -0.4 is 15.7 Å². The zero-order chi connectivity index (χ0) is 33.0. The number of amides is 1. The molecule has 1 aromatic heterocycles. The fourth-order valence-corrected chi connectivity index (χ4v) is 5.29. The number of carbonyl (C=O) groups is 1. The van der Waals surface area contributed by atoms with Gasteiger partial charge in [0.15, 0.2) is 6.29 Å². The van der Waals surface area contributed by atoms with Gasteiger partial charge in [-0.15, -0.1) is 0 Å². The average molecular weight is 645 g/mol. The molecule has 15 nitrogen and oxygen atoms in total. The maximum atomic E-state index is 12.1. The summed E-state index contributed by atoms with van der Waals surface area (Å²) < 4.78 is 28.6. The van der Waals surface area contributed by atoms with E-state index >= 15 is 0 Å². The molecule has 0 aliphatic carbocycles. The van der Waals surface area contributed by atoms with Gasteiger partial charge < -0.3 is 59.1 Å². The molecule has 2 aliphatic heterocycles. The lowest BCUT2D eigenvalue weighted by Crippen LogP contribution is -2.68. The summed E-state index contributed by atoms with van der Waals surface area (Å²) in [7, 11) is 0.